The number of aromatic hydroxyl groups is 1. The normalized spacial score (nSPS) is 16.1. The Balaban J connectivity index is 1.94. The third-order valence-corrected chi connectivity index (χ3v) is 7.43. The molecule has 0 saturated carbocycles. The quantitative estimate of drug-likeness (QED) is 0.290. The van der Waals surface area contributed by atoms with Crippen LogP contribution in [0, 0.1) is 0 Å². The number of phenols is 1. The van der Waals surface area contributed by atoms with Crippen molar-refractivity contribution >= 4 is 23.2 Å². The van der Waals surface area contributed by atoms with Gasteiger partial charge in [0.25, 0.3) is 0 Å². The fourth-order valence-corrected chi connectivity index (χ4v) is 5.44. The van der Waals surface area contributed by atoms with Crippen LogP contribution >= 0.6 is 0 Å². The molecule has 0 aromatic heterocycles. The van der Waals surface area contributed by atoms with E-state index in [9.17, 15) is 24.9 Å². The third-order valence-electron chi connectivity index (χ3n) is 7.43. The zero-order chi connectivity index (χ0) is 27.9. The predicted octanol–water partition coefficient (Wildman–Crippen LogP) is 5.37. The van der Waals surface area contributed by atoms with Crippen molar-refractivity contribution in [3.8, 4) is 16.9 Å². The highest BCUT2D eigenvalue weighted by molar-refractivity contribution is 6.07. The van der Waals surface area contributed by atoms with Crippen molar-refractivity contribution in [2.75, 3.05) is 23.5 Å². The summed E-state index contributed by atoms with van der Waals surface area (Å²) in [4.78, 5) is 30.2. The largest absolute Gasteiger partial charge is 0.506 e. The number of aliphatic hydroxyl groups excluding tert-OH is 2. The number of unbranched alkanes of at least 4 members (excludes halogenated alkanes) is 2. The molecule has 2 atom stereocenters. The number of benzene rings is 3. The van der Waals surface area contributed by atoms with Gasteiger partial charge in [-0.25, -0.2) is 0 Å². The van der Waals surface area contributed by atoms with Crippen LogP contribution in [0.15, 0.2) is 66.7 Å². The summed E-state index contributed by atoms with van der Waals surface area (Å²) in [6.07, 6.45) is 2.90. The average molecular weight is 531 g/mol. The fraction of sp³-hybridized carbons (Fsp3) is 0.375. The zero-order valence-corrected chi connectivity index (χ0v) is 22.7. The molecule has 3 aromatic rings. The van der Waals surface area contributed by atoms with Crippen LogP contribution in [-0.2, 0) is 16.0 Å². The van der Waals surface area contributed by atoms with Crippen molar-refractivity contribution in [1.82, 2.24) is 0 Å². The lowest BCUT2D eigenvalue weighted by Gasteiger charge is -2.35. The minimum absolute atomic E-state index is 0.0333. The Morgan fingerprint density at radius 1 is 0.897 bits per heavy atom. The van der Waals surface area contributed by atoms with E-state index < -0.39 is 12.1 Å². The summed E-state index contributed by atoms with van der Waals surface area (Å²) in [5.41, 5.74) is 3.83. The van der Waals surface area contributed by atoms with Gasteiger partial charge >= 0.3 is 0 Å². The number of anilines is 2. The van der Waals surface area contributed by atoms with Gasteiger partial charge in [-0.3, -0.25) is 14.5 Å². The lowest BCUT2D eigenvalue weighted by atomic mass is 9.96. The average Bonchev–Trinajstić information content (AvgIpc) is 3.28. The summed E-state index contributed by atoms with van der Waals surface area (Å²) in [5, 5.41) is 32.1. The van der Waals surface area contributed by atoms with Crippen LogP contribution in [-0.4, -0.2) is 46.9 Å². The van der Waals surface area contributed by atoms with Gasteiger partial charge in [0.05, 0.1) is 23.5 Å². The maximum atomic E-state index is 13.9. The highest BCUT2D eigenvalue weighted by Gasteiger charge is 2.41. The van der Waals surface area contributed by atoms with Crippen LogP contribution in [0.3, 0.4) is 0 Å². The molecule has 1 aliphatic carbocycles. The number of fused-ring (bicyclic) bond motifs is 1. The molecule has 3 aromatic carbocycles. The van der Waals surface area contributed by atoms with Crippen LogP contribution in [0.4, 0.5) is 11.4 Å². The van der Waals surface area contributed by atoms with Crippen LogP contribution in [0.2, 0.25) is 0 Å². The molecule has 4 rings (SSSR count). The van der Waals surface area contributed by atoms with Gasteiger partial charge in [-0.1, -0.05) is 74.4 Å². The molecule has 3 N–H and O–H groups in total. The Bertz CT molecular complexity index is 1290. The Labute approximate surface area is 230 Å². The Kier molecular flexibility index (Phi) is 9.38. The molecule has 0 unspecified atom stereocenters. The molecular formula is C32H38N2O5. The van der Waals surface area contributed by atoms with E-state index in [1.165, 1.54) is 11.0 Å². The second-order valence-electron chi connectivity index (χ2n) is 10.1. The monoisotopic (exact) mass is 530 g/mol. The molecule has 0 spiro atoms. The first-order chi connectivity index (χ1) is 18.9. The number of aliphatic hydroxyl groups is 2. The number of nitrogens with zero attached hydrogens (tertiary/aromatic N) is 2. The molecule has 0 fully saturated rings. The molecule has 7 heteroatoms. The van der Waals surface area contributed by atoms with Crippen LogP contribution < -0.4 is 9.80 Å². The molecule has 1 aliphatic rings. The number of carbonyl (C=O) groups is 2. The van der Waals surface area contributed by atoms with E-state index >= 15 is 0 Å². The van der Waals surface area contributed by atoms with Crippen molar-refractivity contribution < 1.29 is 24.9 Å². The van der Waals surface area contributed by atoms with Gasteiger partial charge in [0.1, 0.15) is 5.75 Å². The lowest BCUT2D eigenvalue weighted by Crippen LogP contribution is -2.40. The topological polar surface area (TPSA) is 101 Å². The first-order valence-electron chi connectivity index (χ1n) is 13.8. The van der Waals surface area contributed by atoms with Gasteiger partial charge in [0.15, 0.2) is 0 Å². The molecule has 0 aliphatic heterocycles. The number of hydrogen-bond donors (Lipinski definition) is 3. The van der Waals surface area contributed by atoms with Gasteiger partial charge in [-0.15, -0.1) is 0 Å². The Morgan fingerprint density at radius 2 is 1.59 bits per heavy atom. The van der Waals surface area contributed by atoms with Crippen LogP contribution in [0.5, 0.6) is 5.75 Å². The molecular weight excluding hydrogens is 492 g/mol. The van der Waals surface area contributed by atoms with Crippen molar-refractivity contribution in [2.45, 2.75) is 64.0 Å². The molecule has 0 radical (unpaired) electrons. The molecule has 7 nitrogen and oxygen atoms in total. The van der Waals surface area contributed by atoms with Crippen molar-refractivity contribution in [3.63, 3.8) is 0 Å². The number of phenolic OH excluding ortho intramolecular Hbond substituents is 1. The Morgan fingerprint density at radius 3 is 2.31 bits per heavy atom. The fourth-order valence-electron chi connectivity index (χ4n) is 5.44. The van der Waals surface area contributed by atoms with Gasteiger partial charge in [0.2, 0.25) is 11.8 Å². The van der Waals surface area contributed by atoms with Crippen LogP contribution in [0.25, 0.3) is 11.1 Å². The van der Waals surface area contributed by atoms with E-state index in [4.69, 9.17) is 0 Å². The molecule has 0 bridgehead atoms. The summed E-state index contributed by atoms with van der Waals surface area (Å²) in [6.45, 7) is 1.93. The minimum Gasteiger partial charge on any atom is -0.506 e. The second kappa shape index (κ2) is 12.9. The third kappa shape index (κ3) is 6.00. The number of hydrogen-bond acceptors (Lipinski definition) is 5. The van der Waals surface area contributed by atoms with E-state index in [0.717, 1.165) is 36.0 Å². The summed E-state index contributed by atoms with van der Waals surface area (Å²) in [6, 6.07) is 19.5. The SMILES string of the molecule is CCCCCC(=O)N(C)c1ccc(O)c(N(C(=O)CCCO)[C@H]2c3ccccc3C[C@H]2O)c1-c1ccccc1. The summed E-state index contributed by atoms with van der Waals surface area (Å²) < 4.78 is 0. The van der Waals surface area contributed by atoms with Gasteiger partial charge < -0.3 is 20.2 Å². The summed E-state index contributed by atoms with van der Waals surface area (Å²) in [7, 11) is 1.72. The number of carbonyl (C=O) groups excluding carboxylic acids is 2. The molecule has 2 amide bonds. The van der Waals surface area contributed by atoms with E-state index in [1.807, 2.05) is 54.6 Å². The van der Waals surface area contributed by atoms with E-state index in [2.05, 4.69) is 6.92 Å². The number of amides is 2. The van der Waals surface area contributed by atoms with Crippen LogP contribution in [0.1, 0.15) is 62.6 Å². The first-order valence-corrected chi connectivity index (χ1v) is 13.8. The molecule has 0 saturated heterocycles. The van der Waals surface area contributed by atoms with Crippen molar-refractivity contribution in [1.29, 1.82) is 0 Å². The van der Waals surface area contributed by atoms with E-state index in [0.29, 0.717) is 24.1 Å². The maximum absolute atomic E-state index is 13.9. The second-order valence-corrected chi connectivity index (χ2v) is 10.1. The smallest absolute Gasteiger partial charge is 0.227 e. The number of rotatable bonds is 11. The first kappa shape index (κ1) is 28.3. The lowest BCUT2D eigenvalue weighted by molar-refractivity contribution is -0.120. The highest BCUT2D eigenvalue weighted by Crippen LogP contribution is 2.49. The molecule has 0 heterocycles. The van der Waals surface area contributed by atoms with E-state index in [-0.39, 0.29) is 42.7 Å². The standard InChI is InChI=1S/C32H38N2O5/c1-3-4-6-16-28(38)33(2)25-18-19-26(36)32(30(25)22-12-7-5-8-13-22)34(29(39)17-11-20-35)31-24-15-10-9-14-23(24)21-27(31)37/h5,7-10,12-15,18-19,27,31,35-37H,3-4,6,11,16-17,20-21H2,1-2H3/t27-,31+/m1/s1. The minimum atomic E-state index is -0.888. The van der Waals surface area contributed by atoms with Gasteiger partial charge in [-0.2, -0.15) is 0 Å². The van der Waals surface area contributed by atoms with Crippen molar-refractivity contribution in [3.05, 3.63) is 77.9 Å². The van der Waals surface area contributed by atoms with Crippen molar-refractivity contribution in [2.24, 2.45) is 0 Å². The maximum Gasteiger partial charge on any atom is 0.227 e. The zero-order valence-electron chi connectivity index (χ0n) is 22.7. The van der Waals surface area contributed by atoms with Gasteiger partial charge in [0, 0.05) is 38.5 Å². The van der Waals surface area contributed by atoms with Gasteiger partial charge in [-0.05, 0) is 41.7 Å². The highest BCUT2D eigenvalue weighted by atomic mass is 16.3. The molecule has 39 heavy (non-hydrogen) atoms. The predicted molar refractivity (Wildman–Crippen MR) is 154 cm³/mol. The molecule has 206 valence electrons. The van der Waals surface area contributed by atoms with E-state index in [1.54, 1.807) is 18.0 Å². The Hall–Kier alpha value is -3.68. The summed E-state index contributed by atoms with van der Waals surface area (Å²) >= 11 is 0. The summed E-state index contributed by atoms with van der Waals surface area (Å²) in [5.74, 6) is -0.508.